The molecule has 0 radical (unpaired) electrons. The third kappa shape index (κ3) is 2.60. The van der Waals surface area contributed by atoms with Crippen LogP contribution >= 0.6 is 11.3 Å². The van der Waals surface area contributed by atoms with Crippen molar-refractivity contribution in [3.05, 3.63) is 41.2 Å². The van der Waals surface area contributed by atoms with Gasteiger partial charge in [-0.05, 0) is 32.0 Å². The first-order valence-corrected chi connectivity index (χ1v) is 8.37. The van der Waals surface area contributed by atoms with E-state index in [0.29, 0.717) is 38.9 Å². The summed E-state index contributed by atoms with van der Waals surface area (Å²) < 4.78 is 11.4. The van der Waals surface area contributed by atoms with E-state index in [0.717, 1.165) is 10.2 Å². The smallest absolute Gasteiger partial charge is 0.258 e. The Morgan fingerprint density at radius 3 is 2.92 bits per heavy atom. The van der Waals surface area contributed by atoms with Gasteiger partial charge >= 0.3 is 0 Å². The largest absolute Gasteiger partial charge is 0.494 e. The van der Waals surface area contributed by atoms with Crippen LogP contribution in [0.15, 0.2) is 28.8 Å². The molecule has 0 saturated heterocycles. The number of hydrogen-bond acceptors (Lipinski definition) is 7. The minimum absolute atomic E-state index is 0.278. The summed E-state index contributed by atoms with van der Waals surface area (Å²) in [5, 5.41) is 7.86. The Balaban J connectivity index is 1.75. The van der Waals surface area contributed by atoms with Gasteiger partial charge in [0.15, 0.2) is 5.13 Å². The number of thiazole rings is 1. The molecule has 0 fully saturated rings. The normalized spacial score (nSPS) is 11.2. The summed E-state index contributed by atoms with van der Waals surface area (Å²) in [6, 6.07) is 7.38. The van der Waals surface area contributed by atoms with Crippen molar-refractivity contribution in [3.63, 3.8) is 0 Å². The van der Waals surface area contributed by atoms with Crippen LogP contribution in [0.25, 0.3) is 21.3 Å². The number of ether oxygens (including phenoxy) is 1. The third-order valence-corrected chi connectivity index (χ3v) is 4.75. The monoisotopic (exact) mass is 354 g/mol. The number of nitrogens with zero attached hydrogens (tertiary/aromatic N) is 3. The molecule has 3 aromatic heterocycles. The van der Waals surface area contributed by atoms with E-state index in [1.54, 1.807) is 27.0 Å². The zero-order valence-corrected chi connectivity index (χ0v) is 14.6. The molecule has 8 heteroatoms. The molecule has 0 spiro atoms. The molecule has 0 unspecified atom stereocenters. The number of pyridine rings is 1. The third-order valence-electron chi connectivity index (χ3n) is 3.81. The van der Waals surface area contributed by atoms with Crippen LogP contribution in [0.5, 0.6) is 5.75 Å². The van der Waals surface area contributed by atoms with Gasteiger partial charge in [0.1, 0.15) is 11.3 Å². The summed E-state index contributed by atoms with van der Waals surface area (Å²) in [7, 11) is 1.59. The van der Waals surface area contributed by atoms with Gasteiger partial charge in [-0.25, -0.2) is 9.97 Å². The molecule has 0 aliphatic carbocycles. The molecule has 126 valence electrons. The lowest BCUT2D eigenvalue weighted by atomic mass is 10.1. The minimum Gasteiger partial charge on any atom is -0.494 e. The van der Waals surface area contributed by atoms with E-state index in [1.807, 2.05) is 18.2 Å². The number of aryl methyl sites for hydroxylation is 2. The van der Waals surface area contributed by atoms with Gasteiger partial charge < -0.3 is 9.26 Å². The predicted molar refractivity (Wildman–Crippen MR) is 95.4 cm³/mol. The Labute approximate surface area is 146 Å². The van der Waals surface area contributed by atoms with Crippen molar-refractivity contribution in [1.29, 1.82) is 0 Å². The molecule has 7 nitrogen and oxygen atoms in total. The lowest BCUT2D eigenvalue weighted by Gasteiger charge is -2.04. The summed E-state index contributed by atoms with van der Waals surface area (Å²) >= 11 is 1.39. The van der Waals surface area contributed by atoms with E-state index < -0.39 is 0 Å². The van der Waals surface area contributed by atoms with Gasteiger partial charge in [-0.1, -0.05) is 22.6 Å². The van der Waals surface area contributed by atoms with Gasteiger partial charge in [-0.15, -0.1) is 0 Å². The molecule has 0 bridgehead atoms. The van der Waals surface area contributed by atoms with E-state index in [4.69, 9.17) is 9.26 Å². The number of aromatic nitrogens is 3. The first kappa shape index (κ1) is 15.5. The minimum atomic E-state index is -0.278. The Bertz CT molecular complexity index is 1120. The van der Waals surface area contributed by atoms with E-state index >= 15 is 0 Å². The highest BCUT2D eigenvalue weighted by Crippen LogP contribution is 2.32. The summed E-state index contributed by atoms with van der Waals surface area (Å²) in [5.41, 5.74) is 2.85. The number of fused-ring (bicyclic) bond motifs is 2. The molecule has 0 saturated carbocycles. The number of amides is 1. The Morgan fingerprint density at radius 1 is 1.28 bits per heavy atom. The zero-order chi connectivity index (χ0) is 17.6. The van der Waals surface area contributed by atoms with Crippen molar-refractivity contribution in [2.75, 3.05) is 12.4 Å². The van der Waals surface area contributed by atoms with Crippen molar-refractivity contribution in [3.8, 4) is 5.75 Å². The molecule has 0 aliphatic rings. The standard InChI is InChI=1S/C17H14N4O3S/c1-8-7-10(13-9(2)21-24-16(13)18-8)15(22)20-17-19-14-11(23-3)5-4-6-12(14)25-17/h4-7H,1-3H3,(H,19,20,22). The highest BCUT2D eigenvalue weighted by Gasteiger charge is 2.19. The average molecular weight is 354 g/mol. The number of rotatable bonds is 3. The van der Waals surface area contributed by atoms with E-state index in [9.17, 15) is 4.79 Å². The Kier molecular flexibility index (Phi) is 3.61. The van der Waals surface area contributed by atoms with Crippen LogP contribution in [0.1, 0.15) is 21.7 Å². The number of carbonyl (C=O) groups excluding carboxylic acids is 1. The average Bonchev–Trinajstić information content (AvgIpc) is 3.17. The number of methoxy groups -OCH3 is 1. The first-order valence-electron chi connectivity index (χ1n) is 7.55. The fraction of sp³-hybridized carbons (Fsp3) is 0.176. The number of hydrogen-bond donors (Lipinski definition) is 1. The summed E-state index contributed by atoms with van der Waals surface area (Å²) in [5.74, 6) is 0.395. The molecule has 25 heavy (non-hydrogen) atoms. The summed E-state index contributed by atoms with van der Waals surface area (Å²) in [4.78, 5) is 21.5. The van der Waals surface area contributed by atoms with E-state index in [1.165, 1.54) is 11.3 Å². The highest BCUT2D eigenvalue weighted by atomic mass is 32.1. The van der Waals surface area contributed by atoms with Gasteiger partial charge in [0, 0.05) is 5.69 Å². The van der Waals surface area contributed by atoms with Crippen LogP contribution in [0, 0.1) is 13.8 Å². The van der Waals surface area contributed by atoms with Crippen molar-refractivity contribution < 1.29 is 14.1 Å². The van der Waals surface area contributed by atoms with Crippen molar-refractivity contribution >= 4 is 43.7 Å². The fourth-order valence-electron chi connectivity index (χ4n) is 2.70. The Morgan fingerprint density at radius 2 is 2.12 bits per heavy atom. The van der Waals surface area contributed by atoms with Gasteiger partial charge in [-0.2, -0.15) is 0 Å². The summed E-state index contributed by atoms with van der Waals surface area (Å²) in [6.07, 6.45) is 0. The van der Waals surface area contributed by atoms with Crippen molar-refractivity contribution in [1.82, 2.24) is 15.1 Å². The maximum atomic E-state index is 12.8. The first-order chi connectivity index (χ1) is 12.1. The van der Waals surface area contributed by atoms with Gasteiger partial charge in [0.2, 0.25) is 0 Å². The van der Waals surface area contributed by atoms with Crippen LogP contribution in [-0.4, -0.2) is 28.1 Å². The molecule has 3 heterocycles. The number of benzene rings is 1. The zero-order valence-electron chi connectivity index (χ0n) is 13.8. The van der Waals surface area contributed by atoms with Crippen LogP contribution in [0.4, 0.5) is 5.13 Å². The number of nitrogens with one attached hydrogen (secondary N) is 1. The SMILES string of the molecule is COc1cccc2sc(NC(=O)c3cc(C)nc4onc(C)c34)nc12. The topological polar surface area (TPSA) is 90.1 Å². The molecular formula is C17H14N4O3S. The molecule has 4 rings (SSSR count). The number of anilines is 1. The molecule has 1 aromatic carbocycles. The second-order valence-corrected chi connectivity index (χ2v) is 6.57. The number of carbonyl (C=O) groups is 1. The maximum absolute atomic E-state index is 12.8. The van der Waals surface area contributed by atoms with Gasteiger partial charge in [0.05, 0.1) is 28.5 Å². The van der Waals surface area contributed by atoms with Gasteiger partial charge in [0.25, 0.3) is 11.6 Å². The lowest BCUT2D eigenvalue weighted by Crippen LogP contribution is -2.13. The van der Waals surface area contributed by atoms with Crippen LogP contribution < -0.4 is 10.1 Å². The van der Waals surface area contributed by atoms with Crippen molar-refractivity contribution in [2.45, 2.75) is 13.8 Å². The Hall–Kier alpha value is -3.00. The van der Waals surface area contributed by atoms with Crippen LogP contribution in [0.2, 0.25) is 0 Å². The van der Waals surface area contributed by atoms with Gasteiger partial charge in [-0.3, -0.25) is 10.1 Å². The molecule has 0 atom stereocenters. The lowest BCUT2D eigenvalue weighted by molar-refractivity contribution is 0.102. The molecule has 1 amide bonds. The number of para-hydroxylation sites is 1. The second-order valence-electron chi connectivity index (χ2n) is 5.54. The fourth-order valence-corrected chi connectivity index (χ4v) is 3.58. The maximum Gasteiger partial charge on any atom is 0.258 e. The predicted octanol–water partition coefficient (Wildman–Crippen LogP) is 3.71. The van der Waals surface area contributed by atoms with E-state index in [2.05, 4.69) is 20.4 Å². The molecular weight excluding hydrogens is 340 g/mol. The quantitative estimate of drug-likeness (QED) is 0.603. The summed E-state index contributed by atoms with van der Waals surface area (Å²) in [6.45, 7) is 3.58. The van der Waals surface area contributed by atoms with Crippen molar-refractivity contribution in [2.24, 2.45) is 0 Å². The van der Waals surface area contributed by atoms with Crippen LogP contribution in [-0.2, 0) is 0 Å². The molecule has 4 aromatic rings. The van der Waals surface area contributed by atoms with E-state index in [-0.39, 0.29) is 5.91 Å². The second kappa shape index (κ2) is 5.82. The van der Waals surface area contributed by atoms with Crippen LogP contribution in [0.3, 0.4) is 0 Å². The molecule has 1 N–H and O–H groups in total. The highest BCUT2D eigenvalue weighted by molar-refractivity contribution is 7.22. The molecule has 0 aliphatic heterocycles.